The molecule has 29 heavy (non-hydrogen) atoms. The maximum absolute atomic E-state index is 13.1. The highest BCUT2D eigenvalue weighted by Gasteiger charge is 2.30. The minimum Gasteiger partial charge on any atom is -0.349 e. The molecule has 0 bridgehead atoms. The number of likely N-dealkylation sites (tertiary alicyclic amines) is 1. The fraction of sp³-hybridized carbons (Fsp3) is 0.391. The number of fused-ring (bicyclic) bond motifs is 1. The van der Waals surface area contributed by atoms with Gasteiger partial charge in [0, 0.05) is 25.6 Å². The Bertz CT molecular complexity index is 1000. The molecule has 1 aliphatic heterocycles. The normalized spacial score (nSPS) is 16.1. The summed E-state index contributed by atoms with van der Waals surface area (Å²) in [4.78, 5) is 27.7. The smallest absolute Gasteiger partial charge is 0.270 e. The lowest BCUT2D eigenvalue weighted by Crippen LogP contribution is -2.43. The van der Waals surface area contributed by atoms with Crippen LogP contribution < -0.4 is 5.32 Å². The van der Waals surface area contributed by atoms with Crippen molar-refractivity contribution in [1.82, 2.24) is 14.8 Å². The number of aryl methyl sites for hydroxylation is 1. The van der Waals surface area contributed by atoms with Crippen molar-refractivity contribution in [1.29, 1.82) is 0 Å². The summed E-state index contributed by atoms with van der Waals surface area (Å²) in [5.41, 5.74) is 2.99. The van der Waals surface area contributed by atoms with E-state index in [4.69, 9.17) is 0 Å². The predicted octanol–water partition coefficient (Wildman–Crippen LogP) is 4.45. The van der Waals surface area contributed by atoms with E-state index in [1.54, 1.807) is 11.3 Å². The maximum Gasteiger partial charge on any atom is 0.270 e. The molecule has 1 atom stereocenters. The molecular formula is C23H27N3O2S. The summed E-state index contributed by atoms with van der Waals surface area (Å²) in [5, 5.41) is 5.19. The zero-order valence-electron chi connectivity index (χ0n) is 16.9. The third-order valence-corrected chi connectivity index (χ3v) is 6.72. The van der Waals surface area contributed by atoms with E-state index in [2.05, 4.69) is 28.3 Å². The van der Waals surface area contributed by atoms with Crippen molar-refractivity contribution < 1.29 is 9.59 Å². The predicted molar refractivity (Wildman–Crippen MR) is 117 cm³/mol. The largest absolute Gasteiger partial charge is 0.349 e. The average molecular weight is 410 g/mol. The Morgan fingerprint density at radius 1 is 1.17 bits per heavy atom. The van der Waals surface area contributed by atoms with Crippen LogP contribution in [0.3, 0.4) is 0 Å². The van der Waals surface area contributed by atoms with Crippen LogP contribution in [0.1, 0.15) is 48.8 Å². The summed E-state index contributed by atoms with van der Waals surface area (Å²) in [6.45, 7) is 6.10. The molecule has 0 radical (unpaired) electrons. The van der Waals surface area contributed by atoms with Crippen LogP contribution in [0.4, 0.5) is 0 Å². The molecular weight excluding hydrogens is 382 g/mol. The summed E-state index contributed by atoms with van der Waals surface area (Å²) in [6, 6.07) is 14.1. The van der Waals surface area contributed by atoms with Gasteiger partial charge in [-0.2, -0.15) is 0 Å². The monoisotopic (exact) mass is 409 g/mol. The molecule has 0 spiro atoms. The molecule has 5 nitrogen and oxygen atoms in total. The summed E-state index contributed by atoms with van der Waals surface area (Å²) >= 11 is 1.67. The second-order valence-corrected chi connectivity index (χ2v) is 8.60. The van der Waals surface area contributed by atoms with E-state index in [0.717, 1.165) is 28.0 Å². The Balaban J connectivity index is 1.36. The van der Waals surface area contributed by atoms with Gasteiger partial charge in [0.1, 0.15) is 5.69 Å². The van der Waals surface area contributed by atoms with Crippen LogP contribution in [0.25, 0.3) is 10.2 Å². The SMILES string of the molecule is CCn1c(C(=O)N2CCC(C(=O)N[C@@H](C)c3ccccc3)CC2)cc2sccc21. The van der Waals surface area contributed by atoms with E-state index in [9.17, 15) is 9.59 Å². The topological polar surface area (TPSA) is 54.3 Å². The van der Waals surface area contributed by atoms with E-state index in [-0.39, 0.29) is 23.8 Å². The van der Waals surface area contributed by atoms with Gasteiger partial charge in [0.15, 0.2) is 0 Å². The third-order valence-electron chi connectivity index (χ3n) is 5.87. The standard InChI is InChI=1S/C23H27N3O2S/c1-3-26-19-11-14-29-21(19)15-20(26)23(28)25-12-9-18(10-13-25)22(27)24-16(2)17-7-5-4-6-8-17/h4-8,11,14-16,18H,3,9-10,12-13H2,1-2H3,(H,24,27)/t16-/m0/s1. The lowest BCUT2D eigenvalue weighted by Gasteiger charge is -2.32. The lowest BCUT2D eigenvalue weighted by molar-refractivity contribution is -0.127. The van der Waals surface area contributed by atoms with Gasteiger partial charge < -0.3 is 14.8 Å². The highest BCUT2D eigenvalue weighted by molar-refractivity contribution is 7.17. The fourth-order valence-electron chi connectivity index (χ4n) is 4.16. The minimum absolute atomic E-state index is 0.0101. The van der Waals surface area contributed by atoms with E-state index >= 15 is 0 Å². The van der Waals surface area contributed by atoms with E-state index in [0.29, 0.717) is 25.9 Å². The molecule has 3 heterocycles. The number of nitrogens with zero attached hydrogens (tertiary/aromatic N) is 2. The van der Waals surface area contributed by atoms with Crippen LogP contribution in [0.15, 0.2) is 47.8 Å². The van der Waals surface area contributed by atoms with Gasteiger partial charge in [-0.05, 0) is 49.8 Å². The molecule has 0 aliphatic carbocycles. The Kier molecular flexibility index (Phi) is 5.72. The van der Waals surface area contributed by atoms with Gasteiger partial charge in [0.25, 0.3) is 5.91 Å². The van der Waals surface area contributed by atoms with Gasteiger partial charge in [-0.3, -0.25) is 9.59 Å². The minimum atomic E-state index is -0.0355. The molecule has 0 unspecified atom stereocenters. The Morgan fingerprint density at radius 3 is 2.59 bits per heavy atom. The zero-order valence-corrected chi connectivity index (χ0v) is 17.7. The van der Waals surface area contributed by atoms with Crippen LogP contribution in [0, 0.1) is 5.92 Å². The van der Waals surface area contributed by atoms with E-state index in [1.807, 2.05) is 48.2 Å². The first kappa shape index (κ1) is 19.7. The van der Waals surface area contributed by atoms with Crippen molar-refractivity contribution in [3.05, 3.63) is 59.1 Å². The number of thiophene rings is 1. The number of nitrogens with one attached hydrogen (secondary N) is 1. The third kappa shape index (κ3) is 3.94. The summed E-state index contributed by atoms with van der Waals surface area (Å²) in [6.07, 6.45) is 1.42. The summed E-state index contributed by atoms with van der Waals surface area (Å²) in [5.74, 6) is 0.129. The van der Waals surface area contributed by atoms with Gasteiger partial charge in [0.2, 0.25) is 5.91 Å². The molecule has 1 aliphatic rings. The van der Waals surface area contributed by atoms with Gasteiger partial charge in [-0.1, -0.05) is 30.3 Å². The first-order valence-corrected chi connectivity index (χ1v) is 11.2. The van der Waals surface area contributed by atoms with Crippen LogP contribution in [-0.4, -0.2) is 34.4 Å². The number of hydrogen-bond donors (Lipinski definition) is 1. The average Bonchev–Trinajstić information content (AvgIpc) is 3.35. The fourth-order valence-corrected chi connectivity index (χ4v) is 4.98. The molecule has 2 amide bonds. The number of carbonyl (C=O) groups is 2. The second kappa shape index (κ2) is 8.41. The number of hydrogen-bond acceptors (Lipinski definition) is 3. The Hall–Kier alpha value is -2.60. The molecule has 1 fully saturated rings. The molecule has 0 saturated carbocycles. The lowest BCUT2D eigenvalue weighted by atomic mass is 9.95. The zero-order chi connectivity index (χ0) is 20.4. The second-order valence-electron chi connectivity index (χ2n) is 7.65. The van der Waals surface area contributed by atoms with E-state index in [1.165, 1.54) is 0 Å². The molecule has 6 heteroatoms. The molecule has 152 valence electrons. The number of aromatic nitrogens is 1. The van der Waals surface area contributed by atoms with Crippen molar-refractivity contribution in [2.75, 3.05) is 13.1 Å². The number of benzene rings is 1. The number of amides is 2. The maximum atomic E-state index is 13.1. The van der Waals surface area contributed by atoms with Crippen LogP contribution in [0.5, 0.6) is 0 Å². The molecule has 1 saturated heterocycles. The van der Waals surface area contributed by atoms with Crippen molar-refractivity contribution in [2.45, 2.75) is 39.3 Å². The van der Waals surface area contributed by atoms with Crippen molar-refractivity contribution in [2.24, 2.45) is 5.92 Å². The molecule has 1 N–H and O–H groups in total. The van der Waals surface area contributed by atoms with Crippen molar-refractivity contribution in [3.8, 4) is 0 Å². The Morgan fingerprint density at radius 2 is 1.90 bits per heavy atom. The van der Waals surface area contributed by atoms with Gasteiger partial charge in [0.05, 0.1) is 16.3 Å². The highest BCUT2D eigenvalue weighted by Crippen LogP contribution is 2.27. The van der Waals surface area contributed by atoms with Crippen molar-refractivity contribution >= 4 is 33.4 Å². The number of rotatable bonds is 5. The van der Waals surface area contributed by atoms with Crippen LogP contribution >= 0.6 is 11.3 Å². The number of carbonyl (C=O) groups excluding carboxylic acids is 2. The summed E-state index contributed by atoms with van der Waals surface area (Å²) in [7, 11) is 0. The quantitative estimate of drug-likeness (QED) is 0.677. The first-order valence-electron chi connectivity index (χ1n) is 10.3. The highest BCUT2D eigenvalue weighted by atomic mass is 32.1. The van der Waals surface area contributed by atoms with Gasteiger partial charge in [-0.15, -0.1) is 11.3 Å². The molecule has 2 aromatic heterocycles. The first-order chi connectivity index (χ1) is 14.1. The molecule has 3 aromatic rings. The summed E-state index contributed by atoms with van der Waals surface area (Å²) < 4.78 is 3.24. The van der Waals surface area contributed by atoms with Gasteiger partial charge in [-0.25, -0.2) is 0 Å². The van der Waals surface area contributed by atoms with Crippen molar-refractivity contribution in [3.63, 3.8) is 0 Å². The molecule has 1 aromatic carbocycles. The number of piperidine rings is 1. The Labute approximate surface area is 175 Å². The van der Waals surface area contributed by atoms with E-state index < -0.39 is 0 Å². The van der Waals surface area contributed by atoms with Crippen LogP contribution in [0.2, 0.25) is 0 Å². The molecule has 4 rings (SSSR count). The van der Waals surface area contributed by atoms with Gasteiger partial charge >= 0.3 is 0 Å². The van der Waals surface area contributed by atoms with Crippen LogP contribution in [-0.2, 0) is 11.3 Å².